The first-order chi connectivity index (χ1) is 8.28. The topological polar surface area (TPSA) is 59.8 Å². The zero-order valence-corrected chi connectivity index (χ0v) is 11.2. The van der Waals surface area contributed by atoms with Gasteiger partial charge in [0.05, 0.1) is 19.2 Å². The van der Waals surface area contributed by atoms with Crippen molar-refractivity contribution in [2.24, 2.45) is 0 Å². The molecule has 0 spiro atoms. The molecular formula is C13H19NO4. The fourth-order valence-electron chi connectivity index (χ4n) is 1.33. The van der Waals surface area contributed by atoms with Gasteiger partial charge in [-0.2, -0.15) is 0 Å². The van der Waals surface area contributed by atoms with Gasteiger partial charge in [0.1, 0.15) is 11.4 Å². The van der Waals surface area contributed by atoms with Crippen LogP contribution in [0, 0.1) is 0 Å². The van der Waals surface area contributed by atoms with Crippen LogP contribution in [0.5, 0.6) is 0 Å². The third-order valence-electron chi connectivity index (χ3n) is 2.07. The molecule has 1 amide bonds. The summed E-state index contributed by atoms with van der Waals surface area (Å²) in [6.07, 6.45) is 1.19. The quantitative estimate of drug-likeness (QED) is 0.825. The Morgan fingerprint density at radius 3 is 2.56 bits per heavy atom. The van der Waals surface area contributed by atoms with Crippen LogP contribution in [0.1, 0.15) is 26.5 Å². The van der Waals surface area contributed by atoms with Crippen LogP contribution in [0.15, 0.2) is 22.8 Å². The fourth-order valence-corrected chi connectivity index (χ4v) is 1.33. The van der Waals surface area contributed by atoms with E-state index in [1.807, 2.05) is 0 Å². The number of nitrogens with zero attached hydrogens (tertiary/aromatic N) is 1. The van der Waals surface area contributed by atoms with Crippen LogP contribution < -0.4 is 0 Å². The molecule has 0 radical (unpaired) electrons. The summed E-state index contributed by atoms with van der Waals surface area (Å²) in [5.74, 6) is 0.496. The number of ether oxygens (including phenoxy) is 1. The zero-order valence-electron chi connectivity index (χ0n) is 11.2. The van der Waals surface area contributed by atoms with Gasteiger partial charge in [-0.1, -0.05) is 0 Å². The molecule has 0 saturated carbocycles. The maximum absolute atomic E-state index is 11.7. The van der Waals surface area contributed by atoms with Crippen LogP contribution in [0.4, 0.5) is 4.79 Å². The maximum Gasteiger partial charge on any atom is 0.410 e. The lowest BCUT2D eigenvalue weighted by atomic mass is 10.2. The molecule has 0 unspecified atom stereocenters. The van der Waals surface area contributed by atoms with Gasteiger partial charge >= 0.3 is 6.09 Å². The van der Waals surface area contributed by atoms with Crippen LogP contribution in [-0.2, 0) is 16.0 Å². The zero-order chi connectivity index (χ0) is 13.8. The molecule has 1 aromatic rings. The highest BCUT2D eigenvalue weighted by atomic mass is 16.6. The van der Waals surface area contributed by atoms with E-state index in [2.05, 4.69) is 0 Å². The van der Waals surface area contributed by atoms with Crippen molar-refractivity contribution in [3.63, 3.8) is 0 Å². The van der Waals surface area contributed by atoms with Gasteiger partial charge in [0.2, 0.25) is 0 Å². The minimum absolute atomic E-state index is 0.00954. The lowest BCUT2D eigenvalue weighted by Gasteiger charge is -2.24. The normalized spacial score (nSPS) is 11.1. The number of carbonyl (C=O) groups excluding carboxylic acids is 2. The van der Waals surface area contributed by atoms with Crippen molar-refractivity contribution in [2.45, 2.75) is 32.8 Å². The highest BCUT2D eigenvalue weighted by molar-refractivity contribution is 5.85. The second-order valence-electron chi connectivity index (χ2n) is 5.13. The first-order valence-corrected chi connectivity index (χ1v) is 5.76. The van der Waals surface area contributed by atoms with Gasteiger partial charge in [0.25, 0.3) is 0 Å². The molecule has 0 N–H and O–H groups in total. The van der Waals surface area contributed by atoms with Gasteiger partial charge in [-0.3, -0.25) is 4.79 Å². The van der Waals surface area contributed by atoms with Crippen molar-refractivity contribution in [2.75, 3.05) is 13.6 Å². The number of ketones is 1. The molecular weight excluding hydrogens is 234 g/mol. The Hall–Kier alpha value is -1.78. The monoisotopic (exact) mass is 253 g/mol. The van der Waals surface area contributed by atoms with Crippen LogP contribution in [-0.4, -0.2) is 36.0 Å². The number of likely N-dealkylation sites (N-methyl/N-ethyl adjacent to an activating group) is 1. The summed E-state index contributed by atoms with van der Waals surface area (Å²) >= 11 is 0. The predicted molar refractivity (Wildman–Crippen MR) is 66.3 cm³/mol. The number of hydrogen-bond acceptors (Lipinski definition) is 4. The minimum Gasteiger partial charge on any atom is -0.469 e. The van der Waals surface area contributed by atoms with Crippen molar-refractivity contribution >= 4 is 11.9 Å². The molecule has 5 heteroatoms. The van der Waals surface area contributed by atoms with Gasteiger partial charge in [0.15, 0.2) is 5.78 Å². The molecule has 0 aliphatic heterocycles. The van der Waals surface area contributed by atoms with Gasteiger partial charge in [-0.05, 0) is 32.9 Å². The number of Topliss-reactive ketones (excluding diaryl/α,β-unsaturated/α-hetero) is 1. The average Bonchev–Trinajstić information content (AvgIpc) is 2.67. The van der Waals surface area contributed by atoms with Gasteiger partial charge in [-0.15, -0.1) is 0 Å². The van der Waals surface area contributed by atoms with Gasteiger partial charge < -0.3 is 14.1 Å². The van der Waals surface area contributed by atoms with E-state index in [1.54, 1.807) is 32.9 Å². The molecule has 1 heterocycles. The van der Waals surface area contributed by atoms with Crippen molar-refractivity contribution < 1.29 is 18.7 Å². The van der Waals surface area contributed by atoms with Crippen molar-refractivity contribution in [3.05, 3.63) is 24.2 Å². The summed E-state index contributed by atoms with van der Waals surface area (Å²) < 4.78 is 10.2. The summed E-state index contributed by atoms with van der Waals surface area (Å²) in [6.45, 7) is 5.35. The van der Waals surface area contributed by atoms with E-state index in [9.17, 15) is 9.59 Å². The number of hydrogen-bond donors (Lipinski definition) is 0. The molecule has 0 saturated heterocycles. The van der Waals surface area contributed by atoms with E-state index in [0.29, 0.717) is 5.76 Å². The third-order valence-corrected chi connectivity index (χ3v) is 2.07. The Balaban J connectivity index is 2.42. The van der Waals surface area contributed by atoms with E-state index >= 15 is 0 Å². The molecule has 100 valence electrons. The van der Waals surface area contributed by atoms with E-state index in [-0.39, 0.29) is 18.7 Å². The molecule has 0 atom stereocenters. The maximum atomic E-state index is 11.7. The Kier molecular flexibility index (Phi) is 4.53. The Morgan fingerprint density at radius 1 is 1.39 bits per heavy atom. The molecule has 18 heavy (non-hydrogen) atoms. The Bertz CT molecular complexity index is 403. The summed E-state index contributed by atoms with van der Waals surface area (Å²) in [5.41, 5.74) is -0.560. The lowest BCUT2D eigenvalue weighted by Crippen LogP contribution is -2.37. The fraction of sp³-hybridized carbons (Fsp3) is 0.538. The average molecular weight is 253 g/mol. The Labute approximate surface area is 107 Å². The molecule has 5 nitrogen and oxygen atoms in total. The molecule has 0 aromatic carbocycles. The Morgan fingerprint density at radius 2 is 2.06 bits per heavy atom. The summed E-state index contributed by atoms with van der Waals surface area (Å²) in [4.78, 5) is 24.6. The predicted octanol–water partition coefficient (Wildman–Crippen LogP) is 2.26. The lowest BCUT2D eigenvalue weighted by molar-refractivity contribution is -0.119. The second kappa shape index (κ2) is 5.71. The van der Waals surface area contributed by atoms with Crippen molar-refractivity contribution in [1.29, 1.82) is 0 Å². The molecule has 0 aliphatic carbocycles. The van der Waals surface area contributed by atoms with Crippen LogP contribution >= 0.6 is 0 Å². The standard InChI is InChI=1S/C13H19NO4/c1-13(2,3)18-12(16)14(4)9-10(15)8-11-6-5-7-17-11/h5-7H,8-9H2,1-4H3. The van der Waals surface area contributed by atoms with Crippen LogP contribution in [0.2, 0.25) is 0 Å². The highest BCUT2D eigenvalue weighted by Crippen LogP contribution is 2.09. The smallest absolute Gasteiger partial charge is 0.410 e. The SMILES string of the molecule is CN(CC(=O)Cc1ccco1)C(=O)OC(C)(C)C. The molecule has 1 aromatic heterocycles. The number of rotatable bonds is 4. The summed E-state index contributed by atoms with van der Waals surface area (Å²) in [5, 5.41) is 0. The van der Waals surface area contributed by atoms with Crippen LogP contribution in [0.25, 0.3) is 0 Å². The molecule has 0 fully saturated rings. The van der Waals surface area contributed by atoms with Gasteiger partial charge in [-0.25, -0.2) is 4.79 Å². The number of furan rings is 1. The van der Waals surface area contributed by atoms with Crippen molar-refractivity contribution in [3.8, 4) is 0 Å². The van der Waals surface area contributed by atoms with E-state index in [1.165, 1.54) is 18.2 Å². The molecule has 1 rings (SSSR count). The van der Waals surface area contributed by atoms with Crippen molar-refractivity contribution in [1.82, 2.24) is 4.90 Å². The number of carbonyl (C=O) groups is 2. The van der Waals surface area contributed by atoms with E-state index < -0.39 is 11.7 Å². The van der Waals surface area contributed by atoms with Gasteiger partial charge in [0, 0.05) is 7.05 Å². The van der Waals surface area contributed by atoms with E-state index in [0.717, 1.165) is 0 Å². The first-order valence-electron chi connectivity index (χ1n) is 5.76. The first kappa shape index (κ1) is 14.3. The summed E-state index contributed by atoms with van der Waals surface area (Å²) in [7, 11) is 1.54. The number of amides is 1. The third kappa shape index (κ3) is 5.03. The molecule has 0 bridgehead atoms. The molecule has 0 aliphatic rings. The largest absolute Gasteiger partial charge is 0.469 e. The van der Waals surface area contributed by atoms with E-state index in [4.69, 9.17) is 9.15 Å². The second-order valence-corrected chi connectivity index (χ2v) is 5.13. The minimum atomic E-state index is -0.560. The summed E-state index contributed by atoms with van der Waals surface area (Å²) in [6, 6.07) is 3.45. The highest BCUT2D eigenvalue weighted by Gasteiger charge is 2.21. The van der Waals surface area contributed by atoms with Crippen LogP contribution in [0.3, 0.4) is 0 Å².